The summed E-state index contributed by atoms with van der Waals surface area (Å²) < 4.78 is 5.30. The standard InChI is InChI=1S/C13H13N3O3S/c17-12-6-19-11-2-1-8(3-10(11)16-12)4-14-5-9-7-20-13(18)15-9/h1-3,7,14H,4-6H2,(H,15,18)(H,16,17). The van der Waals surface area contributed by atoms with Crippen molar-refractivity contribution in [2.24, 2.45) is 0 Å². The van der Waals surface area contributed by atoms with E-state index >= 15 is 0 Å². The molecule has 7 heteroatoms. The van der Waals surface area contributed by atoms with Crippen molar-refractivity contribution in [3.05, 3.63) is 44.5 Å². The SMILES string of the molecule is O=C1COc2ccc(CNCc3csc(=O)[nH]3)cc2N1. The van der Waals surface area contributed by atoms with Gasteiger partial charge in [0, 0.05) is 24.2 Å². The number of fused-ring (bicyclic) bond motifs is 1. The van der Waals surface area contributed by atoms with Crippen LogP contribution in [0.25, 0.3) is 0 Å². The fourth-order valence-electron chi connectivity index (χ4n) is 1.98. The topological polar surface area (TPSA) is 83.2 Å². The minimum atomic E-state index is -0.140. The van der Waals surface area contributed by atoms with Crippen LogP contribution in [-0.4, -0.2) is 17.5 Å². The van der Waals surface area contributed by atoms with E-state index in [1.165, 1.54) is 0 Å². The third-order valence-corrected chi connectivity index (χ3v) is 3.61. The summed E-state index contributed by atoms with van der Waals surface area (Å²) >= 11 is 1.15. The number of anilines is 1. The van der Waals surface area contributed by atoms with E-state index in [1.807, 2.05) is 18.2 Å². The van der Waals surface area contributed by atoms with Crippen molar-refractivity contribution in [1.82, 2.24) is 10.3 Å². The van der Waals surface area contributed by atoms with E-state index in [-0.39, 0.29) is 17.4 Å². The monoisotopic (exact) mass is 291 g/mol. The largest absolute Gasteiger partial charge is 0.482 e. The highest BCUT2D eigenvalue weighted by Crippen LogP contribution is 2.28. The number of H-pyrrole nitrogens is 1. The molecule has 0 atom stereocenters. The van der Waals surface area contributed by atoms with Gasteiger partial charge in [0.25, 0.3) is 5.91 Å². The molecular weight excluding hydrogens is 278 g/mol. The number of ether oxygens (including phenoxy) is 1. The Balaban J connectivity index is 1.62. The van der Waals surface area contributed by atoms with E-state index in [0.717, 1.165) is 22.6 Å². The summed E-state index contributed by atoms with van der Waals surface area (Å²) in [7, 11) is 0. The second kappa shape index (κ2) is 5.48. The summed E-state index contributed by atoms with van der Waals surface area (Å²) in [6, 6.07) is 5.67. The number of hydrogen-bond acceptors (Lipinski definition) is 5. The maximum atomic E-state index is 11.3. The fourth-order valence-corrected chi connectivity index (χ4v) is 2.56. The molecule has 0 saturated carbocycles. The zero-order valence-corrected chi connectivity index (χ0v) is 11.4. The number of carbonyl (C=O) groups is 1. The van der Waals surface area contributed by atoms with Gasteiger partial charge in [-0.2, -0.15) is 0 Å². The lowest BCUT2D eigenvalue weighted by Gasteiger charge is -2.18. The van der Waals surface area contributed by atoms with Gasteiger partial charge in [-0.15, -0.1) is 0 Å². The molecule has 3 N–H and O–H groups in total. The first-order chi connectivity index (χ1) is 9.70. The third kappa shape index (κ3) is 2.89. The Hall–Kier alpha value is -2.12. The highest BCUT2D eigenvalue weighted by atomic mass is 32.1. The van der Waals surface area contributed by atoms with Crippen molar-refractivity contribution in [2.45, 2.75) is 13.1 Å². The number of aromatic nitrogens is 1. The van der Waals surface area contributed by atoms with Gasteiger partial charge in [-0.1, -0.05) is 17.4 Å². The van der Waals surface area contributed by atoms with Gasteiger partial charge in [0.2, 0.25) is 0 Å². The molecule has 0 fully saturated rings. The Kier molecular flexibility index (Phi) is 3.53. The molecule has 1 aliphatic rings. The summed E-state index contributed by atoms with van der Waals surface area (Å²) in [5.74, 6) is 0.550. The van der Waals surface area contributed by atoms with E-state index in [9.17, 15) is 9.59 Å². The molecule has 6 nitrogen and oxygen atoms in total. The van der Waals surface area contributed by atoms with Crippen molar-refractivity contribution in [2.75, 3.05) is 11.9 Å². The van der Waals surface area contributed by atoms with Gasteiger partial charge in [0.1, 0.15) is 5.75 Å². The average Bonchev–Trinajstić information content (AvgIpc) is 2.84. The first-order valence-corrected chi connectivity index (χ1v) is 7.02. The molecule has 0 bridgehead atoms. The van der Waals surface area contributed by atoms with Crippen LogP contribution in [0.2, 0.25) is 0 Å². The van der Waals surface area contributed by atoms with Crippen molar-refractivity contribution >= 4 is 22.9 Å². The van der Waals surface area contributed by atoms with Gasteiger partial charge in [0.05, 0.1) is 5.69 Å². The second-order valence-electron chi connectivity index (χ2n) is 4.44. The third-order valence-electron chi connectivity index (χ3n) is 2.89. The van der Waals surface area contributed by atoms with E-state index < -0.39 is 0 Å². The van der Waals surface area contributed by atoms with Crippen LogP contribution in [0, 0.1) is 0 Å². The number of rotatable bonds is 4. The van der Waals surface area contributed by atoms with Gasteiger partial charge in [-0.25, -0.2) is 0 Å². The smallest absolute Gasteiger partial charge is 0.304 e. The van der Waals surface area contributed by atoms with E-state index in [0.29, 0.717) is 24.5 Å². The molecule has 1 amide bonds. The number of hydrogen-bond donors (Lipinski definition) is 3. The average molecular weight is 291 g/mol. The fraction of sp³-hybridized carbons (Fsp3) is 0.231. The molecular formula is C13H13N3O3S. The highest BCUT2D eigenvalue weighted by molar-refractivity contribution is 7.07. The summed E-state index contributed by atoms with van der Waals surface area (Å²) in [5, 5.41) is 7.81. The summed E-state index contributed by atoms with van der Waals surface area (Å²) in [4.78, 5) is 24.9. The van der Waals surface area contributed by atoms with Crippen LogP contribution < -0.4 is 20.2 Å². The van der Waals surface area contributed by atoms with Crippen molar-refractivity contribution in [3.8, 4) is 5.75 Å². The number of amides is 1. The number of nitrogens with one attached hydrogen (secondary N) is 3. The Morgan fingerprint density at radius 1 is 1.30 bits per heavy atom. The maximum absolute atomic E-state index is 11.3. The normalized spacial score (nSPS) is 13.5. The Bertz CT molecular complexity index is 692. The Morgan fingerprint density at radius 3 is 3.00 bits per heavy atom. The maximum Gasteiger partial charge on any atom is 0.304 e. The van der Waals surface area contributed by atoms with Crippen molar-refractivity contribution in [1.29, 1.82) is 0 Å². The lowest BCUT2D eigenvalue weighted by Crippen LogP contribution is -2.25. The van der Waals surface area contributed by atoms with Crippen LogP contribution in [0.4, 0.5) is 5.69 Å². The molecule has 3 rings (SSSR count). The predicted octanol–water partition coefficient (Wildman–Crippen LogP) is 1.06. The summed E-state index contributed by atoms with van der Waals surface area (Å²) in [6.45, 7) is 1.30. The molecule has 2 aromatic rings. The number of aromatic amines is 1. The van der Waals surface area contributed by atoms with Gasteiger partial charge in [-0.05, 0) is 17.7 Å². The molecule has 1 aromatic heterocycles. The summed E-state index contributed by atoms with van der Waals surface area (Å²) in [5.41, 5.74) is 2.60. The molecule has 104 valence electrons. The Morgan fingerprint density at radius 2 is 2.20 bits per heavy atom. The van der Waals surface area contributed by atoms with Gasteiger partial charge < -0.3 is 20.4 Å². The minimum Gasteiger partial charge on any atom is -0.482 e. The molecule has 0 radical (unpaired) electrons. The van der Waals surface area contributed by atoms with Crippen LogP contribution in [0.1, 0.15) is 11.3 Å². The molecule has 0 saturated heterocycles. The van der Waals surface area contributed by atoms with Gasteiger partial charge in [0.15, 0.2) is 6.61 Å². The van der Waals surface area contributed by atoms with E-state index in [2.05, 4.69) is 15.6 Å². The predicted molar refractivity (Wildman–Crippen MR) is 76.1 cm³/mol. The number of carbonyl (C=O) groups excluding carboxylic acids is 1. The van der Waals surface area contributed by atoms with Crippen LogP contribution in [-0.2, 0) is 17.9 Å². The van der Waals surface area contributed by atoms with Gasteiger partial charge in [-0.3, -0.25) is 9.59 Å². The van der Waals surface area contributed by atoms with E-state index in [1.54, 1.807) is 5.38 Å². The zero-order valence-electron chi connectivity index (χ0n) is 10.6. The summed E-state index contributed by atoms with van der Waals surface area (Å²) in [6.07, 6.45) is 0. The number of thiazole rings is 1. The van der Waals surface area contributed by atoms with Crippen LogP contribution in [0.5, 0.6) is 5.75 Å². The van der Waals surface area contributed by atoms with Gasteiger partial charge >= 0.3 is 4.87 Å². The Labute approximate surface area is 118 Å². The molecule has 2 heterocycles. The highest BCUT2D eigenvalue weighted by Gasteiger charge is 2.15. The van der Waals surface area contributed by atoms with Crippen molar-refractivity contribution < 1.29 is 9.53 Å². The molecule has 1 aliphatic heterocycles. The lowest BCUT2D eigenvalue weighted by molar-refractivity contribution is -0.118. The van der Waals surface area contributed by atoms with Crippen LogP contribution in [0.3, 0.4) is 0 Å². The first-order valence-electron chi connectivity index (χ1n) is 6.14. The zero-order chi connectivity index (χ0) is 13.9. The molecule has 20 heavy (non-hydrogen) atoms. The number of benzene rings is 1. The molecule has 0 aliphatic carbocycles. The van der Waals surface area contributed by atoms with Crippen molar-refractivity contribution in [3.63, 3.8) is 0 Å². The molecule has 0 spiro atoms. The van der Waals surface area contributed by atoms with E-state index in [4.69, 9.17) is 4.74 Å². The molecule has 0 unspecified atom stereocenters. The lowest BCUT2D eigenvalue weighted by atomic mass is 10.1. The molecule has 1 aromatic carbocycles. The minimum absolute atomic E-state index is 0.0459. The quantitative estimate of drug-likeness (QED) is 0.786. The van der Waals surface area contributed by atoms with Crippen LogP contribution in [0.15, 0.2) is 28.4 Å². The first kappa shape index (κ1) is 12.9. The second-order valence-corrected chi connectivity index (χ2v) is 5.29. The van der Waals surface area contributed by atoms with Crippen LogP contribution >= 0.6 is 11.3 Å².